The summed E-state index contributed by atoms with van der Waals surface area (Å²) in [5, 5.41) is 0. The van der Waals surface area contributed by atoms with Crippen molar-refractivity contribution >= 4 is 16.6 Å². The molecule has 0 radical (unpaired) electrons. The molecule has 0 aliphatic heterocycles. The Balaban J connectivity index is 2.06. The van der Waals surface area contributed by atoms with Crippen molar-refractivity contribution in [3.63, 3.8) is 0 Å². The van der Waals surface area contributed by atoms with Crippen LogP contribution >= 0.6 is 0 Å². The van der Waals surface area contributed by atoms with Gasteiger partial charge in [-0.1, -0.05) is 80.4 Å². The highest BCUT2D eigenvalue weighted by Gasteiger charge is 2.47. The van der Waals surface area contributed by atoms with Crippen LogP contribution < -0.4 is 0 Å². The van der Waals surface area contributed by atoms with Gasteiger partial charge in [0.05, 0.1) is 0 Å². The zero-order chi connectivity index (χ0) is 25.5. The van der Waals surface area contributed by atoms with E-state index in [1.165, 1.54) is 51.4 Å². The van der Waals surface area contributed by atoms with Crippen molar-refractivity contribution in [2.75, 3.05) is 0 Å². The van der Waals surface area contributed by atoms with Crippen LogP contribution in [0.4, 0.5) is 0 Å². The molecule has 0 aromatic heterocycles. The summed E-state index contributed by atoms with van der Waals surface area (Å²) >= 11 is 0. The van der Waals surface area contributed by atoms with E-state index < -0.39 is 16.6 Å². The Labute approximate surface area is 215 Å². The van der Waals surface area contributed by atoms with Crippen LogP contribution in [-0.2, 0) is 8.85 Å². The molecule has 0 bridgehead atoms. The van der Waals surface area contributed by atoms with Gasteiger partial charge in [-0.25, -0.2) is 0 Å². The van der Waals surface area contributed by atoms with E-state index in [1.54, 1.807) is 0 Å². The minimum atomic E-state index is -1.84. The van der Waals surface area contributed by atoms with Crippen LogP contribution in [-0.4, -0.2) is 28.8 Å². The Morgan fingerprint density at radius 1 is 0.618 bits per heavy atom. The molecule has 0 saturated heterocycles. The zero-order valence-electron chi connectivity index (χ0n) is 24.1. The van der Waals surface area contributed by atoms with E-state index in [0.717, 1.165) is 23.9 Å². The minimum absolute atomic E-state index is 0.470. The van der Waals surface area contributed by atoms with Gasteiger partial charge in [0.1, 0.15) is 0 Å². The summed E-state index contributed by atoms with van der Waals surface area (Å²) in [6.45, 7) is 27.3. The Morgan fingerprint density at radius 3 is 1.21 bits per heavy atom. The molecule has 198 valence electrons. The molecule has 2 nitrogen and oxygen atoms in total. The van der Waals surface area contributed by atoms with Crippen molar-refractivity contribution in [3.05, 3.63) is 25.3 Å². The third-order valence-corrected chi connectivity index (χ3v) is 20.8. The van der Waals surface area contributed by atoms with Gasteiger partial charge >= 0.3 is 0 Å². The predicted molar refractivity (Wildman–Crippen MR) is 156 cm³/mol. The van der Waals surface area contributed by atoms with Crippen molar-refractivity contribution in [2.24, 2.45) is 11.8 Å². The molecule has 0 aromatic carbocycles. The molecule has 0 N–H and O–H groups in total. The average Bonchev–Trinajstić information content (AvgIpc) is 3.39. The van der Waals surface area contributed by atoms with Crippen LogP contribution in [0, 0.1) is 11.8 Å². The van der Waals surface area contributed by atoms with Gasteiger partial charge < -0.3 is 8.85 Å². The van der Waals surface area contributed by atoms with Crippen molar-refractivity contribution in [1.82, 2.24) is 0 Å². The van der Waals surface area contributed by atoms with E-state index in [0.29, 0.717) is 34.4 Å². The number of allylic oxidation sites excluding steroid dienone is 2. The van der Waals surface area contributed by atoms with E-state index in [1.807, 2.05) is 0 Å². The summed E-state index contributed by atoms with van der Waals surface area (Å²) in [6.07, 6.45) is 15.8. The van der Waals surface area contributed by atoms with E-state index in [2.05, 4.69) is 80.7 Å². The molecule has 0 aromatic rings. The Kier molecular flexibility index (Phi) is 11.8. The van der Waals surface area contributed by atoms with Gasteiger partial charge in [-0.15, -0.1) is 13.2 Å². The topological polar surface area (TPSA) is 18.5 Å². The first-order valence-electron chi connectivity index (χ1n) is 14.6. The van der Waals surface area contributed by atoms with E-state index >= 15 is 0 Å². The zero-order valence-corrected chi connectivity index (χ0v) is 26.1. The highest BCUT2D eigenvalue weighted by atomic mass is 28.4. The molecule has 4 atom stereocenters. The molecule has 2 saturated carbocycles. The fourth-order valence-corrected chi connectivity index (χ4v) is 15.8. The van der Waals surface area contributed by atoms with Crippen molar-refractivity contribution in [1.29, 1.82) is 0 Å². The SMILES string of the molecule is C=CC[Si](OC1CCCC1CCC1CCCC1O[Si](CC=C)(C(C)C)C(C)C)(C(C)C)C(C)C. The maximum absolute atomic E-state index is 7.22. The van der Waals surface area contributed by atoms with Gasteiger partial charge in [-0.3, -0.25) is 0 Å². The largest absolute Gasteiger partial charge is 0.413 e. The average molecular weight is 507 g/mol. The van der Waals surface area contributed by atoms with E-state index in [4.69, 9.17) is 8.85 Å². The van der Waals surface area contributed by atoms with Crippen molar-refractivity contribution < 1.29 is 8.85 Å². The van der Waals surface area contributed by atoms with E-state index in [9.17, 15) is 0 Å². The van der Waals surface area contributed by atoms with Gasteiger partial charge in [-0.05, 0) is 84.6 Å². The minimum Gasteiger partial charge on any atom is -0.413 e. The number of rotatable bonds is 15. The Hall–Kier alpha value is -0.166. The summed E-state index contributed by atoms with van der Waals surface area (Å²) in [5.41, 5.74) is 2.53. The van der Waals surface area contributed by atoms with Crippen LogP contribution in [0.2, 0.25) is 34.3 Å². The molecule has 2 aliphatic rings. The van der Waals surface area contributed by atoms with Crippen LogP contribution in [0.25, 0.3) is 0 Å². The second-order valence-corrected chi connectivity index (χ2v) is 22.5. The lowest BCUT2D eigenvalue weighted by atomic mass is 9.91. The molecule has 4 heteroatoms. The summed E-state index contributed by atoms with van der Waals surface area (Å²) in [5.74, 6) is 1.47. The molecule has 4 unspecified atom stereocenters. The molecule has 2 rings (SSSR count). The van der Waals surface area contributed by atoms with Crippen molar-refractivity contribution in [2.45, 2.75) is 153 Å². The highest BCUT2D eigenvalue weighted by molar-refractivity contribution is 6.77. The maximum atomic E-state index is 7.22. The van der Waals surface area contributed by atoms with E-state index in [-0.39, 0.29) is 0 Å². The summed E-state index contributed by atoms with van der Waals surface area (Å²) in [4.78, 5) is 0. The lowest BCUT2D eigenvalue weighted by Crippen LogP contribution is -2.48. The molecule has 0 spiro atoms. The molecule has 0 amide bonds. The summed E-state index contributed by atoms with van der Waals surface area (Å²) < 4.78 is 14.4. The number of hydrogen-bond acceptors (Lipinski definition) is 2. The van der Waals surface area contributed by atoms with Gasteiger partial charge in [0.2, 0.25) is 16.6 Å². The maximum Gasteiger partial charge on any atom is 0.201 e. The quantitative estimate of drug-likeness (QED) is 0.162. The first kappa shape index (κ1) is 30.1. The van der Waals surface area contributed by atoms with Gasteiger partial charge in [0.15, 0.2) is 0 Å². The predicted octanol–water partition coefficient (Wildman–Crippen LogP) is 10.0. The summed E-state index contributed by atoms with van der Waals surface area (Å²) in [6, 6.07) is 2.18. The third kappa shape index (κ3) is 6.78. The Bertz CT molecular complexity index is 557. The second kappa shape index (κ2) is 13.4. The normalized spacial score (nSPS) is 26.4. The van der Waals surface area contributed by atoms with Crippen LogP contribution in [0.15, 0.2) is 25.3 Å². The molecular formula is C30H58O2Si2. The third-order valence-electron chi connectivity index (χ3n) is 9.66. The molecule has 0 heterocycles. The van der Waals surface area contributed by atoms with Gasteiger partial charge in [0.25, 0.3) is 0 Å². The molecule has 2 aliphatic carbocycles. The fourth-order valence-electron chi connectivity index (χ4n) is 7.34. The number of hydrogen-bond donors (Lipinski definition) is 0. The lowest BCUT2D eigenvalue weighted by molar-refractivity contribution is 0.108. The Morgan fingerprint density at radius 2 is 0.941 bits per heavy atom. The van der Waals surface area contributed by atoms with Crippen LogP contribution in [0.3, 0.4) is 0 Å². The first-order valence-corrected chi connectivity index (χ1v) is 19.1. The monoisotopic (exact) mass is 506 g/mol. The molecule has 2 fully saturated rings. The van der Waals surface area contributed by atoms with Crippen LogP contribution in [0.1, 0.15) is 107 Å². The summed E-state index contributed by atoms with van der Waals surface area (Å²) in [7, 11) is -3.69. The highest BCUT2D eigenvalue weighted by Crippen LogP contribution is 2.46. The van der Waals surface area contributed by atoms with Gasteiger partial charge in [0, 0.05) is 12.2 Å². The molecule has 34 heavy (non-hydrogen) atoms. The standard InChI is InChI=1S/C30H58O2Si2/c1-11-21-33(23(3)4,24(5)6)31-29-17-13-15-27(29)19-20-28-16-14-18-30(28)32-34(22-12-2,25(7)8)26(9)10/h11-12,23-30H,1-2,13-22H2,3-10H3. The van der Waals surface area contributed by atoms with Crippen LogP contribution in [0.5, 0.6) is 0 Å². The first-order chi connectivity index (χ1) is 16.0. The molecular weight excluding hydrogens is 449 g/mol. The fraction of sp³-hybridized carbons (Fsp3) is 0.867. The van der Waals surface area contributed by atoms with Gasteiger partial charge in [-0.2, -0.15) is 0 Å². The lowest BCUT2D eigenvalue weighted by Gasteiger charge is -2.42. The smallest absolute Gasteiger partial charge is 0.201 e. The van der Waals surface area contributed by atoms with Crippen molar-refractivity contribution in [3.8, 4) is 0 Å². The second-order valence-electron chi connectivity index (χ2n) is 12.8.